The molecular formula is C22H24N2. The molecule has 0 saturated carbocycles. The Kier molecular flexibility index (Phi) is 4.37. The minimum atomic E-state index is 0.961. The summed E-state index contributed by atoms with van der Waals surface area (Å²) in [7, 11) is 0. The molecule has 2 heteroatoms. The first-order valence-corrected chi connectivity index (χ1v) is 8.89. The minimum absolute atomic E-state index is 0.961. The van der Waals surface area contributed by atoms with Crippen molar-refractivity contribution in [1.82, 2.24) is 9.80 Å². The number of benzene rings is 2. The SMILES string of the molecule is C1=C(c2ccccc2)CN(Cc2ccccc2)C=C1N1CCCC1. The van der Waals surface area contributed by atoms with Gasteiger partial charge in [0.15, 0.2) is 0 Å². The highest BCUT2D eigenvalue weighted by molar-refractivity contribution is 5.70. The van der Waals surface area contributed by atoms with Crippen molar-refractivity contribution < 1.29 is 0 Å². The van der Waals surface area contributed by atoms with Crippen molar-refractivity contribution in [2.24, 2.45) is 0 Å². The molecule has 0 aliphatic carbocycles. The summed E-state index contributed by atoms with van der Waals surface area (Å²) in [4.78, 5) is 4.98. The fourth-order valence-electron chi connectivity index (χ4n) is 3.61. The number of rotatable bonds is 4. The molecule has 2 aromatic rings. The summed E-state index contributed by atoms with van der Waals surface area (Å²) >= 11 is 0. The van der Waals surface area contributed by atoms with Crippen LogP contribution in [0.4, 0.5) is 0 Å². The van der Waals surface area contributed by atoms with E-state index < -0.39 is 0 Å². The van der Waals surface area contributed by atoms with Gasteiger partial charge in [-0.15, -0.1) is 0 Å². The van der Waals surface area contributed by atoms with E-state index >= 15 is 0 Å². The number of likely N-dealkylation sites (tertiary alicyclic amines) is 1. The minimum Gasteiger partial charge on any atom is -0.370 e. The molecule has 4 rings (SSSR count). The molecule has 2 heterocycles. The van der Waals surface area contributed by atoms with Crippen LogP contribution in [0, 0.1) is 0 Å². The average Bonchev–Trinajstić information content (AvgIpc) is 3.18. The van der Waals surface area contributed by atoms with Gasteiger partial charge in [-0.25, -0.2) is 0 Å². The maximum atomic E-state index is 2.53. The highest BCUT2D eigenvalue weighted by atomic mass is 15.2. The van der Waals surface area contributed by atoms with Crippen LogP contribution < -0.4 is 0 Å². The summed E-state index contributed by atoms with van der Waals surface area (Å²) in [5.74, 6) is 0. The lowest BCUT2D eigenvalue weighted by atomic mass is 10.0. The summed E-state index contributed by atoms with van der Waals surface area (Å²) in [6.07, 6.45) is 7.36. The van der Waals surface area contributed by atoms with Crippen LogP contribution in [0.1, 0.15) is 24.0 Å². The molecule has 0 amide bonds. The largest absolute Gasteiger partial charge is 0.370 e. The van der Waals surface area contributed by atoms with Crippen molar-refractivity contribution in [2.75, 3.05) is 19.6 Å². The molecule has 24 heavy (non-hydrogen) atoms. The molecule has 1 fully saturated rings. The number of hydrogen-bond donors (Lipinski definition) is 0. The van der Waals surface area contributed by atoms with Gasteiger partial charge in [0.1, 0.15) is 0 Å². The molecule has 0 radical (unpaired) electrons. The predicted octanol–water partition coefficient (Wildman–Crippen LogP) is 4.52. The van der Waals surface area contributed by atoms with Crippen molar-refractivity contribution >= 4 is 5.57 Å². The summed E-state index contributed by atoms with van der Waals surface area (Å²) in [5.41, 5.74) is 5.48. The third-order valence-corrected chi connectivity index (χ3v) is 4.85. The van der Waals surface area contributed by atoms with E-state index in [2.05, 4.69) is 82.7 Å². The maximum Gasteiger partial charge on any atom is 0.0531 e. The van der Waals surface area contributed by atoms with Gasteiger partial charge in [-0.05, 0) is 35.6 Å². The second-order valence-electron chi connectivity index (χ2n) is 6.67. The summed E-state index contributed by atoms with van der Waals surface area (Å²) in [6, 6.07) is 21.5. The zero-order valence-corrected chi connectivity index (χ0v) is 14.1. The van der Waals surface area contributed by atoms with Crippen molar-refractivity contribution in [1.29, 1.82) is 0 Å². The lowest BCUT2D eigenvalue weighted by Crippen LogP contribution is -2.28. The molecule has 2 aromatic carbocycles. The van der Waals surface area contributed by atoms with Crippen LogP contribution in [-0.4, -0.2) is 29.4 Å². The summed E-state index contributed by atoms with van der Waals surface area (Å²) in [5, 5.41) is 0. The first-order valence-electron chi connectivity index (χ1n) is 8.89. The normalized spacial score (nSPS) is 17.7. The molecule has 0 aromatic heterocycles. The van der Waals surface area contributed by atoms with Crippen LogP contribution in [0.3, 0.4) is 0 Å². The van der Waals surface area contributed by atoms with E-state index in [1.165, 1.54) is 48.3 Å². The van der Waals surface area contributed by atoms with Gasteiger partial charge in [0.05, 0.1) is 5.70 Å². The number of allylic oxidation sites excluding steroid dienone is 1. The van der Waals surface area contributed by atoms with Gasteiger partial charge in [0.2, 0.25) is 0 Å². The molecule has 2 aliphatic rings. The lowest BCUT2D eigenvalue weighted by molar-refractivity contribution is 0.370. The van der Waals surface area contributed by atoms with Crippen LogP contribution in [0.25, 0.3) is 5.57 Å². The fraction of sp³-hybridized carbons (Fsp3) is 0.273. The van der Waals surface area contributed by atoms with Gasteiger partial charge in [-0.2, -0.15) is 0 Å². The van der Waals surface area contributed by atoms with E-state index in [-0.39, 0.29) is 0 Å². The molecule has 2 nitrogen and oxygen atoms in total. The van der Waals surface area contributed by atoms with Crippen LogP contribution in [0.15, 0.2) is 78.6 Å². The highest BCUT2D eigenvalue weighted by Crippen LogP contribution is 2.27. The Morgan fingerprint density at radius 2 is 1.46 bits per heavy atom. The Morgan fingerprint density at radius 3 is 2.17 bits per heavy atom. The second-order valence-corrected chi connectivity index (χ2v) is 6.67. The maximum absolute atomic E-state index is 2.53. The Balaban J connectivity index is 1.62. The van der Waals surface area contributed by atoms with Crippen LogP contribution in [0.2, 0.25) is 0 Å². The van der Waals surface area contributed by atoms with Crippen LogP contribution in [0.5, 0.6) is 0 Å². The predicted molar refractivity (Wildman–Crippen MR) is 100 cm³/mol. The standard InChI is InChI=1S/C22H24N2/c1-3-9-19(10-4-1)16-23-17-21(20-11-5-2-6-12-20)15-22(18-23)24-13-7-8-14-24/h1-6,9-12,15,18H,7-8,13-14,16-17H2. The molecule has 0 spiro atoms. The Labute approximate surface area is 144 Å². The van der Waals surface area contributed by atoms with Gasteiger partial charge in [0.25, 0.3) is 0 Å². The molecular weight excluding hydrogens is 292 g/mol. The molecule has 122 valence electrons. The van der Waals surface area contributed by atoms with Crippen molar-refractivity contribution in [2.45, 2.75) is 19.4 Å². The molecule has 0 unspecified atom stereocenters. The van der Waals surface area contributed by atoms with E-state index in [0.717, 1.165) is 13.1 Å². The van der Waals surface area contributed by atoms with Gasteiger partial charge < -0.3 is 9.80 Å². The zero-order chi connectivity index (χ0) is 16.2. The van der Waals surface area contributed by atoms with E-state index in [1.54, 1.807) is 0 Å². The zero-order valence-electron chi connectivity index (χ0n) is 14.1. The number of hydrogen-bond acceptors (Lipinski definition) is 2. The van der Waals surface area contributed by atoms with Gasteiger partial charge >= 0.3 is 0 Å². The summed E-state index contributed by atoms with van der Waals surface area (Å²) in [6.45, 7) is 4.30. The van der Waals surface area contributed by atoms with Crippen molar-refractivity contribution in [3.05, 3.63) is 89.8 Å². The van der Waals surface area contributed by atoms with E-state index in [9.17, 15) is 0 Å². The van der Waals surface area contributed by atoms with Gasteiger partial charge in [0, 0.05) is 32.4 Å². The first kappa shape index (κ1) is 15.1. The average molecular weight is 316 g/mol. The van der Waals surface area contributed by atoms with E-state index in [1.807, 2.05) is 0 Å². The Bertz CT molecular complexity index is 725. The number of nitrogens with zero attached hydrogens (tertiary/aromatic N) is 2. The lowest BCUT2D eigenvalue weighted by Gasteiger charge is -2.31. The topological polar surface area (TPSA) is 6.48 Å². The molecule has 1 saturated heterocycles. The second kappa shape index (κ2) is 6.96. The third kappa shape index (κ3) is 3.38. The molecule has 0 bridgehead atoms. The molecule has 0 atom stereocenters. The van der Waals surface area contributed by atoms with Gasteiger partial charge in [-0.3, -0.25) is 0 Å². The highest BCUT2D eigenvalue weighted by Gasteiger charge is 2.20. The fourth-order valence-corrected chi connectivity index (χ4v) is 3.61. The Morgan fingerprint density at radius 1 is 0.792 bits per heavy atom. The molecule has 0 N–H and O–H groups in total. The quantitative estimate of drug-likeness (QED) is 0.818. The van der Waals surface area contributed by atoms with Crippen LogP contribution >= 0.6 is 0 Å². The van der Waals surface area contributed by atoms with Crippen molar-refractivity contribution in [3.63, 3.8) is 0 Å². The van der Waals surface area contributed by atoms with E-state index in [4.69, 9.17) is 0 Å². The summed E-state index contributed by atoms with van der Waals surface area (Å²) < 4.78 is 0. The smallest absolute Gasteiger partial charge is 0.0531 e. The monoisotopic (exact) mass is 316 g/mol. The van der Waals surface area contributed by atoms with E-state index in [0.29, 0.717) is 0 Å². The van der Waals surface area contributed by atoms with Crippen molar-refractivity contribution in [3.8, 4) is 0 Å². The first-order chi connectivity index (χ1) is 11.9. The van der Waals surface area contributed by atoms with Crippen LogP contribution in [-0.2, 0) is 6.54 Å². The van der Waals surface area contributed by atoms with Gasteiger partial charge in [-0.1, -0.05) is 60.7 Å². The third-order valence-electron chi connectivity index (χ3n) is 4.85. The molecule has 2 aliphatic heterocycles. The Hall–Kier alpha value is -2.48.